The van der Waals surface area contributed by atoms with Gasteiger partial charge in [-0.3, -0.25) is 4.79 Å². The maximum absolute atomic E-state index is 11.4. The highest BCUT2D eigenvalue weighted by molar-refractivity contribution is 5.73. The molecule has 0 aliphatic carbocycles. The molecule has 1 rings (SSSR count). The van der Waals surface area contributed by atoms with E-state index in [1.165, 1.54) is 7.11 Å². The molecule has 1 aliphatic heterocycles. The van der Waals surface area contributed by atoms with Gasteiger partial charge >= 0.3 is 5.97 Å². The monoisotopic (exact) mass is 185 g/mol. The van der Waals surface area contributed by atoms with Crippen molar-refractivity contribution in [2.45, 2.75) is 20.3 Å². The second kappa shape index (κ2) is 4.61. The smallest absolute Gasteiger partial charge is 0.310 e. The van der Waals surface area contributed by atoms with Gasteiger partial charge in [-0.05, 0) is 24.8 Å². The highest BCUT2D eigenvalue weighted by atomic mass is 16.5. The van der Waals surface area contributed by atoms with Crippen molar-refractivity contribution in [1.82, 2.24) is 5.32 Å². The number of esters is 1. The number of rotatable bonds is 2. The maximum atomic E-state index is 11.4. The second-order valence-corrected chi connectivity index (χ2v) is 4.03. The number of piperidine rings is 1. The molecule has 76 valence electrons. The van der Waals surface area contributed by atoms with Gasteiger partial charge in [0, 0.05) is 6.54 Å². The van der Waals surface area contributed by atoms with Gasteiger partial charge in [-0.15, -0.1) is 0 Å². The molecular formula is C10H19NO2. The molecule has 13 heavy (non-hydrogen) atoms. The predicted octanol–water partition coefficient (Wildman–Crippen LogP) is 1.04. The third-order valence-corrected chi connectivity index (χ3v) is 2.90. The third-order valence-electron chi connectivity index (χ3n) is 2.90. The van der Waals surface area contributed by atoms with Crippen molar-refractivity contribution in [2.24, 2.45) is 17.8 Å². The average molecular weight is 185 g/mol. The maximum Gasteiger partial charge on any atom is 0.310 e. The molecule has 1 heterocycles. The topological polar surface area (TPSA) is 38.3 Å². The van der Waals surface area contributed by atoms with Crippen LogP contribution in [0, 0.1) is 17.8 Å². The van der Waals surface area contributed by atoms with Crippen molar-refractivity contribution in [3.63, 3.8) is 0 Å². The molecule has 1 saturated heterocycles. The van der Waals surface area contributed by atoms with E-state index >= 15 is 0 Å². The van der Waals surface area contributed by atoms with Gasteiger partial charge in [0.05, 0.1) is 13.0 Å². The van der Waals surface area contributed by atoms with E-state index in [0.717, 1.165) is 19.5 Å². The van der Waals surface area contributed by atoms with E-state index in [-0.39, 0.29) is 11.9 Å². The summed E-state index contributed by atoms with van der Waals surface area (Å²) in [5.74, 6) is 1.03. The molecule has 1 aliphatic rings. The van der Waals surface area contributed by atoms with Gasteiger partial charge in [-0.1, -0.05) is 13.8 Å². The number of nitrogens with one attached hydrogen (secondary N) is 1. The molecule has 0 aromatic rings. The van der Waals surface area contributed by atoms with Crippen molar-refractivity contribution in [2.75, 3.05) is 20.2 Å². The molecule has 0 saturated carbocycles. The van der Waals surface area contributed by atoms with Crippen LogP contribution in [0.5, 0.6) is 0 Å². The Bertz CT molecular complexity index is 180. The summed E-state index contributed by atoms with van der Waals surface area (Å²) < 4.78 is 4.79. The highest BCUT2D eigenvalue weighted by Gasteiger charge is 2.33. The van der Waals surface area contributed by atoms with Crippen LogP contribution in [0.1, 0.15) is 20.3 Å². The molecule has 0 aromatic carbocycles. The minimum Gasteiger partial charge on any atom is -0.469 e. The Kier molecular flexibility index (Phi) is 3.72. The largest absolute Gasteiger partial charge is 0.469 e. The molecule has 3 heteroatoms. The lowest BCUT2D eigenvalue weighted by Gasteiger charge is -2.32. The average Bonchev–Trinajstić information content (AvgIpc) is 2.16. The molecular weight excluding hydrogens is 166 g/mol. The normalized spacial score (nSPS) is 28.9. The molecule has 1 N–H and O–H groups in total. The summed E-state index contributed by atoms with van der Waals surface area (Å²) in [5, 5.41) is 3.23. The zero-order chi connectivity index (χ0) is 9.84. The van der Waals surface area contributed by atoms with Crippen LogP contribution in [0.3, 0.4) is 0 Å². The van der Waals surface area contributed by atoms with Crippen LogP contribution < -0.4 is 5.32 Å². The number of carbonyl (C=O) groups is 1. The Morgan fingerprint density at radius 1 is 1.54 bits per heavy atom. The third kappa shape index (κ3) is 2.44. The molecule has 2 atom stereocenters. The molecule has 1 fully saturated rings. The fraction of sp³-hybridized carbons (Fsp3) is 0.900. The Hall–Kier alpha value is -0.570. The summed E-state index contributed by atoms with van der Waals surface area (Å²) in [6, 6.07) is 0. The number of ether oxygens (including phenoxy) is 1. The molecule has 0 radical (unpaired) electrons. The van der Waals surface area contributed by atoms with Crippen molar-refractivity contribution < 1.29 is 9.53 Å². The predicted molar refractivity (Wildman–Crippen MR) is 51.3 cm³/mol. The second-order valence-electron chi connectivity index (χ2n) is 4.03. The van der Waals surface area contributed by atoms with E-state index in [1.807, 2.05) is 0 Å². The fourth-order valence-corrected chi connectivity index (χ4v) is 2.09. The lowest BCUT2D eigenvalue weighted by molar-refractivity contribution is -0.148. The first-order chi connectivity index (χ1) is 6.16. The Morgan fingerprint density at radius 2 is 2.23 bits per heavy atom. The molecule has 2 unspecified atom stereocenters. The van der Waals surface area contributed by atoms with Crippen LogP contribution >= 0.6 is 0 Å². The zero-order valence-electron chi connectivity index (χ0n) is 8.67. The van der Waals surface area contributed by atoms with Crippen LogP contribution in [0.25, 0.3) is 0 Å². The number of methoxy groups -OCH3 is 1. The molecule has 0 bridgehead atoms. The van der Waals surface area contributed by atoms with Crippen LogP contribution in [-0.4, -0.2) is 26.2 Å². The number of hydrogen-bond donors (Lipinski definition) is 1. The van der Waals surface area contributed by atoms with Gasteiger partial charge in [0.1, 0.15) is 0 Å². The SMILES string of the molecule is COC(=O)C1CNCCC1C(C)C. The number of carbonyl (C=O) groups excluding carboxylic acids is 1. The van der Waals surface area contributed by atoms with E-state index in [2.05, 4.69) is 19.2 Å². The summed E-state index contributed by atoms with van der Waals surface area (Å²) in [7, 11) is 1.47. The lowest BCUT2D eigenvalue weighted by Crippen LogP contribution is -2.43. The molecule has 0 amide bonds. The summed E-state index contributed by atoms with van der Waals surface area (Å²) in [6.45, 7) is 6.14. The van der Waals surface area contributed by atoms with Gasteiger partial charge in [-0.25, -0.2) is 0 Å². The van der Waals surface area contributed by atoms with Gasteiger partial charge in [0.2, 0.25) is 0 Å². The van der Waals surface area contributed by atoms with Gasteiger partial charge in [0.15, 0.2) is 0 Å². The lowest BCUT2D eigenvalue weighted by atomic mass is 9.79. The van der Waals surface area contributed by atoms with Crippen LogP contribution in [0.15, 0.2) is 0 Å². The van der Waals surface area contributed by atoms with Crippen LogP contribution in [-0.2, 0) is 9.53 Å². The minimum absolute atomic E-state index is 0.0544. The first-order valence-corrected chi connectivity index (χ1v) is 4.95. The quantitative estimate of drug-likeness (QED) is 0.653. The van der Waals surface area contributed by atoms with Gasteiger partial charge in [0.25, 0.3) is 0 Å². The van der Waals surface area contributed by atoms with Crippen molar-refractivity contribution >= 4 is 5.97 Å². The Balaban J connectivity index is 2.61. The Morgan fingerprint density at radius 3 is 2.77 bits per heavy atom. The van der Waals surface area contributed by atoms with Gasteiger partial charge in [-0.2, -0.15) is 0 Å². The van der Waals surface area contributed by atoms with Crippen LogP contribution in [0.2, 0.25) is 0 Å². The summed E-state index contributed by atoms with van der Waals surface area (Å²) in [5.41, 5.74) is 0. The standard InChI is InChI=1S/C10H19NO2/c1-7(2)8-4-5-11-6-9(8)10(12)13-3/h7-9,11H,4-6H2,1-3H3. The molecule has 0 spiro atoms. The van der Waals surface area contributed by atoms with Crippen molar-refractivity contribution in [3.8, 4) is 0 Å². The first kappa shape index (κ1) is 10.5. The molecule has 0 aromatic heterocycles. The van der Waals surface area contributed by atoms with E-state index in [0.29, 0.717) is 11.8 Å². The van der Waals surface area contributed by atoms with Crippen molar-refractivity contribution in [3.05, 3.63) is 0 Å². The first-order valence-electron chi connectivity index (χ1n) is 4.95. The summed E-state index contributed by atoms with van der Waals surface area (Å²) >= 11 is 0. The van der Waals surface area contributed by atoms with E-state index in [1.54, 1.807) is 0 Å². The van der Waals surface area contributed by atoms with Crippen molar-refractivity contribution in [1.29, 1.82) is 0 Å². The van der Waals surface area contributed by atoms with E-state index in [4.69, 9.17) is 4.74 Å². The minimum atomic E-state index is -0.0640. The van der Waals surface area contributed by atoms with E-state index < -0.39 is 0 Å². The van der Waals surface area contributed by atoms with E-state index in [9.17, 15) is 4.79 Å². The van der Waals surface area contributed by atoms with Crippen LogP contribution in [0.4, 0.5) is 0 Å². The molecule has 3 nitrogen and oxygen atoms in total. The van der Waals surface area contributed by atoms with Gasteiger partial charge < -0.3 is 10.1 Å². The highest BCUT2D eigenvalue weighted by Crippen LogP contribution is 2.27. The Labute approximate surface area is 79.8 Å². The fourth-order valence-electron chi connectivity index (χ4n) is 2.09. The summed E-state index contributed by atoms with van der Waals surface area (Å²) in [4.78, 5) is 11.4. The zero-order valence-corrected chi connectivity index (χ0v) is 8.67. The number of hydrogen-bond acceptors (Lipinski definition) is 3. The summed E-state index contributed by atoms with van der Waals surface area (Å²) in [6.07, 6.45) is 1.08.